The molecule has 2 aromatic rings. The summed E-state index contributed by atoms with van der Waals surface area (Å²) in [7, 11) is -2.08. The second kappa shape index (κ2) is 4.64. The first-order chi connectivity index (χ1) is 8.10. The number of rotatable bonds is 4. The number of sulfonamides is 1. The van der Waals surface area contributed by atoms with Crippen LogP contribution < -0.4 is 0 Å². The fourth-order valence-corrected chi connectivity index (χ4v) is 2.35. The van der Waals surface area contributed by atoms with Gasteiger partial charge in [-0.05, 0) is 5.56 Å². The number of aromatic nitrogens is 3. The van der Waals surface area contributed by atoms with Gasteiger partial charge in [-0.1, -0.05) is 30.3 Å². The molecule has 17 heavy (non-hydrogen) atoms. The van der Waals surface area contributed by atoms with Crippen LogP contribution in [0.3, 0.4) is 0 Å². The van der Waals surface area contributed by atoms with Crippen LogP contribution in [0.15, 0.2) is 41.8 Å². The zero-order chi connectivity index (χ0) is 12.3. The summed E-state index contributed by atoms with van der Waals surface area (Å²) < 4.78 is 25.2. The van der Waals surface area contributed by atoms with E-state index in [0.717, 1.165) is 5.56 Å². The molecule has 1 N–H and O–H groups in total. The van der Waals surface area contributed by atoms with E-state index in [4.69, 9.17) is 0 Å². The predicted octanol–water partition coefficient (Wildman–Crippen LogP) is 0.625. The van der Waals surface area contributed by atoms with Crippen LogP contribution in [-0.4, -0.2) is 35.0 Å². The molecule has 6 nitrogen and oxygen atoms in total. The first kappa shape index (κ1) is 11.7. The smallest absolute Gasteiger partial charge is 0.249 e. The topological polar surface area (TPSA) is 79.0 Å². The molecule has 1 aromatic carbocycles. The minimum absolute atomic E-state index is 0.143. The van der Waals surface area contributed by atoms with E-state index in [1.807, 2.05) is 30.3 Å². The third kappa shape index (κ3) is 2.51. The first-order valence-corrected chi connectivity index (χ1v) is 6.40. The van der Waals surface area contributed by atoms with Crippen LogP contribution >= 0.6 is 0 Å². The maximum absolute atomic E-state index is 12.0. The number of hydrogen-bond donors (Lipinski definition) is 1. The maximum Gasteiger partial charge on any atom is 0.278 e. The summed E-state index contributed by atoms with van der Waals surface area (Å²) in [5.74, 6) is 0. The van der Waals surface area contributed by atoms with Crippen molar-refractivity contribution in [3.63, 3.8) is 0 Å². The van der Waals surface area contributed by atoms with Gasteiger partial charge in [0, 0.05) is 13.6 Å². The summed E-state index contributed by atoms with van der Waals surface area (Å²) in [6.45, 7) is 0.296. The lowest BCUT2D eigenvalue weighted by Gasteiger charge is -2.14. The molecule has 0 saturated heterocycles. The van der Waals surface area contributed by atoms with Gasteiger partial charge in [-0.15, -0.1) is 0 Å². The van der Waals surface area contributed by atoms with Gasteiger partial charge < -0.3 is 0 Å². The van der Waals surface area contributed by atoms with Gasteiger partial charge in [0.2, 0.25) is 0 Å². The van der Waals surface area contributed by atoms with Crippen molar-refractivity contribution in [1.82, 2.24) is 19.5 Å². The van der Waals surface area contributed by atoms with Crippen LogP contribution in [0.1, 0.15) is 5.56 Å². The standard InChI is InChI=1S/C10H12N4O2S/c1-14(7-9-5-3-2-4-6-9)17(15,16)10-11-8-12-13-10/h2-6,8H,7H2,1H3,(H,11,12,13). The lowest BCUT2D eigenvalue weighted by atomic mass is 10.2. The Balaban J connectivity index is 2.19. The van der Waals surface area contributed by atoms with E-state index in [1.54, 1.807) is 0 Å². The van der Waals surface area contributed by atoms with Gasteiger partial charge in [0.15, 0.2) is 0 Å². The summed E-state index contributed by atoms with van der Waals surface area (Å²) in [5.41, 5.74) is 0.915. The minimum Gasteiger partial charge on any atom is -0.249 e. The molecule has 0 unspecified atom stereocenters. The first-order valence-electron chi connectivity index (χ1n) is 4.96. The number of hydrogen-bond acceptors (Lipinski definition) is 4. The van der Waals surface area contributed by atoms with Gasteiger partial charge in [0.1, 0.15) is 6.33 Å². The Labute approximate surface area is 99.4 Å². The van der Waals surface area contributed by atoms with Gasteiger partial charge in [-0.25, -0.2) is 18.5 Å². The Bertz CT molecular complexity index is 566. The van der Waals surface area contributed by atoms with Gasteiger partial charge in [0.05, 0.1) is 0 Å². The van der Waals surface area contributed by atoms with Crippen molar-refractivity contribution in [2.24, 2.45) is 0 Å². The Kier molecular flexibility index (Phi) is 3.21. The number of nitrogens with one attached hydrogen (secondary N) is 1. The number of aromatic amines is 1. The predicted molar refractivity (Wildman–Crippen MR) is 61.5 cm³/mol. The summed E-state index contributed by atoms with van der Waals surface area (Å²) >= 11 is 0. The van der Waals surface area contributed by atoms with E-state index in [-0.39, 0.29) is 5.16 Å². The van der Waals surface area contributed by atoms with Gasteiger partial charge in [-0.3, -0.25) is 0 Å². The van der Waals surface area contributed by atoms with Gasteiger partial charge >= 0.3 is 0 Å². The molecule has 0 atom stereocenters. The van der Waals surface area contributed by atoms with Gasteiger partial charge in [-0.2, -0.15) is 9.40 Å². The second-order valence-electron chi connectivity index (χ2n) is 3.54. The maximum atomic E-state index is 12.0. The zero-order valence-electron chi connectivity index (χ0n) is 9.24. The minimum atomic E-state index is -3.59. The van der Waals surface area contributed by atoms with E-state index >= 15 is 0 Å². The summed E-state index contributed by atoms with van der Waals surface area (Å²) in [6.07, 6.45) is 1.17. The van der Waals surface area contributed by atoms with Crippen LogP contribution in [0.4, 0.5) is 0 Å². The van der Waals surface area contributed by atoms with Crippen LogP contribution in [0, 0.1) is 0 Å². The Hall–Kier alpha value is -1.73. The van der Waals surface area contributed by atoms with E-state index < -0.39 is 10.0 Å². The molecule has 0 fully saturated rings. The lowest BCUT2D eigenvalue weighted by molar-refractivity contribution is 0.460. The Morgan fingerprint density at radius 3 is 2.59 bits per heavy atom. The van der Waals surface area contributed by atoms with E-state index in [1.165, 1.54) is 17.7 Å². The van der Waals surface area contributed by atoms with Crippen molar-refractivity contribution >= 4 is 10.0 Å². The van der Waals surface area contributed by atoms with E-state index in [9.17, 15) is 8.42 Å². The quantitative estimate of drug-likeness (QED) is 0.865. The number of H-pyrrole nitrogens is 1. The zero-order valence-corrected chi connectivity index (χ0v) is 10.1. The van der Waals surface area contributed by atoms with Gasteiger partial charge in [0.25, 0.3) is 15.2 Å². The van der Waals surface area contributed by atoms with Crippen molar-refractivity contribution in [3.8, 4) is 0 Å². The Morgan fingerprint density at radius 1 is 1.29 bits per heavy atom. The molecule has 7 heteroatoms. The van der Waals surface area contributed by atoms with E-state index in [0.29, 0.717) is 6.54 Å². The van der Waals surface area contributed by atoms with Crippen molar-refractivity contribution in [3.05, 3.63) is 42.2 Å². The second-order valence-corrected chi connectivity index (χ2v) is 5.50. The Morgan fingerprint density at radius 2 is 2.00 bits per heavy atom. The molecule has 0 spiro atoms. The molecular weight excluding hydrogens is 240 g/mol. The summed E-state index contributed by atoms with van der Waals surface area (Å²) in [6, 6.07) is 9.35. The third-order valence-electron chi connectivity index (χ3n) is 2.30. The third-order valence-corrected chi connectivity index (χ3v) is 3.93. The fourth-order valence-electron chi connectivity index (χ4n) is 1.39. The van der Waals surface area contributed by atoms with Crippen molar-refractivity contribution in [2.45, 2.75) is 11.7 Å². The molecule has 90 valence electrons. The average Bonchev–Trinajstić information content (AvgIpc) is 2.84. The van der Waals surface area contributed by atoms with Crippen LogP contribution in [0.25, 0.3) is 0 Å². The van der Waals surface area contributed by atoms with Crippen LogP contribution in [0.2, 0.25) is 0 Å². The number of benzene rings is 1. The molecule has 0 bridgehead atoms. The molecule has 0 aliphatic carbocycles. The van der Waals surface area contributed by atoms with Crippen molar-refractivity contribution < 1.29 is 8.42 Å². The highest BCUT2D eigenvalue weighted by Crippen LogP contribution is 2.11. The highest BCUT2D eigenvalue weighted by molar-refractivity contribution is 7.88. The molecular formula is C10H12N4O2S. The monoisotopic (exact) mass is 252 g/mol. The van der Waals surface area contributed by atoms with Crippen molar-refractivity contribution in [1.29, 1.82) is 0 Å². The van der Waals surface area contributed by atoms with Crippen LogP contribution in [-0.2, 0) is 16.6 Å². The molecule has 0 amide bonds. The molecule has 0 radical (unpaired) electrons. The fraction of sp³-hybridized carbons (Fsp3) is 0.200. The molecule has 1 aromatic heterocycles. The SMILES string of the molecule is CN(Cc1ccccc1)S(=O)(=O)c1ncn[nH]1. The largest absolute Gasteiger partial charge is 0.278 e. The molecule has 1 heterocycles. The highest BCUT2D eigenvalue weighted by atomic mass is 32.2. The molecule has 0 aliphatic heterocycles. The highest BCUT2D eigenvalue weighted by Gasteiger charge is 2.23. The number of nitrogens with zero attached hydrogens (tertiary/aromatic N) is 3. The van der Waals surface area contributed by atoms with Crippen LogP contribution in [0.5, 0.6) is 0 Å². The molecule has 2 rings (SSSR count). The average molecular weight is 252 g/mol. The lowest BCUT2D eigenvalue weighted by Crippen LogP contribution is -2.27. The normalized spacial score (nSPS) is 11.9. The molecule has 0 aliphatic rings. The summed E-state index contributed by atoms with van der Waals surface area (Å²) in [4.78, 5) is 3.65. The molecule has 0 saturated carbocycles. The van der Waals surface area contributed by atoms with E-state index in [2.05, 4.69) is 15.2 Å². The summed E-state index contributed by atoms with van der Waals surface area (Å²) in [5, 5.41) is 5.75. The van der Waals surface area contributed by atoms with Crippen molar-refractivity contribution in [2.75, 3.05) is 7.05 Å².